The normalized spacial score (nSPS) is 17.2. The first-order valence-electron chi connectivity index (χ1n) is 10.7. The minimum absolute atomic E-state index is 0.496. The SMILES string of the molecule is CCNC(=NCc1ccc(C)cc1OCC1CCOC1)NCCN(CC)CC. The second kappa shape index (κ2) is 12.6. The summed E-state index contributed by atoms with van der Waals surface area (Å²) >= 11 is 0. The number of guanidine groups is 1. The van der Waals surface area contributed by atoms with Crippen LogP contribution < -0.4 is 15.4 Å². The minimum Gasteiger partial charge on any atom is -0.493 e. The molecular weight excluding hydrogens is 352 g/mol. The molecule has 1 unspecified atom stereocenters. The van der Waals surface area contributed by atoms with Gasteiger partial charge < -0.3 is 25.0 Å². The molecule has 2 N–H and O–H groups in total. The Kier molecular flexibility index (Phi) is 10.1. The lowest BCUT2D eigenvalue weighted by molar-refractivity contribution is 0.166. The fourth-order valence-electron chi connectivity index (χ4n) is 3.23. The average Bonchev–Trinajstić information content (AvgIpc) is 3.22. The van der Waals surface area contributed by atoms with E-state index in [1.165, 1.54) is 5.56 Å². The molecule has 1 aliphatic rings. The van der Waals surface area contributed by atoms with Crippen LogP contribution in [0.15, 0.2) is 23.2 Å². The molecule has 1 saturated heterocycles. The molecule has 2 rings (SSSR count). The van der Waals surface area contributed by atoms with Crippen molar-refractivity contribution in [1.29, 1.82) is 0 Å². The van der Waals surface area contributed by atoms with Crippen molar-refractivity contribution in [3.05, 3.63) is 29.3 Å². The van der Waals surface area contributed by atoms with Gasteiger partial charge in [0.1, 0.15) is 5.75 Å². The molecule has 1 aromatic carbocycles. The monoisotopic (exact) mass is 390 g/mol. The number of aryl methyl sites for hydroxylation is 1. The van der Waals surface area contributed by atoms with E-state index in [-0.39, 0.29) is 0 Å². The Morgan fingerprint density at radius 2 is 2.07 bits per heavy atom. The van der Waals surface area contributed by atoms with Crippen LogP contribution in [0.1, 0.15) is 38.3 Å². The van der Waals surface area contributed by atoms with Crippen molar-refractivity contribution < 1.29 is 9.47 Å². The summed E-state index contributed by atoms with van der Waals surface area (Å²) in [4.78, 5) is 7.17. The van der Waals surface area contributed by atoms with Crippen molar-refractivity contribution in [3.63, 3.8) is 0 Å². The quantitative estimate of drug-likeness (QED) is 0.449. The number of rotatable bonds is 11. The minimum atomic E-state index is 0.496. The van der Waals surface area contributed by atoms with E-state index in [1.54, 1.807) is 0 Å². The van der Waals surface area contributed by atoms with Crippen molar-refractivity contribution in [1.82, 2.24) is 15.5 Å². The standard InChI is InChI=1S/C22H38N4O2/c1-5-23-22(24-11-12-26(6-2)7-3)25-15-20-9-8-18(4)14-21(20)28-17-19-10-13-27-16-19/h8-9,14,19H,5-7,10-13,15-17H2,1-4H3,(H2,23,24,25). The zero-order chi connectivity index (χ0) is 20.2. The lowest BCUT2D eigenvalue weighted by atomic mass is 10.1. The molecule has 0 spiro atoms. The molecule has 6 nitrogen and oxygen atoms in total. The Bertz CT molecular complexity index is 596. The number of ether oxygens (including phenoxy) is 2. The number of hydrogen-bond acceptors (Lipinski definition) is 4. The third kappa shape index (κ3) is 7.68. The summed E-state index contributed by atoms with van der Waals surface area (Å²) in [7, 11) is 0. The van der Waals surface area contributed by atoms with Crippen LogP contribution in [-0.4, -0.2) is 63.4 Å². The Hall–Kier alpha value is -1.79. The van der Waals surface area contributed by atoms with Crippen LogP contribution >= 0.6 is 0 Å². The summed E-state index contributed by atoms with van der Waals surface area (Å²) in [6, 6.07) is 6.36. The van der Waals surface area contributed by atoms with Gasteiger partial charge >= 0.3 is 0 Å². The summed E-state index contributed by atoms with van der Waals surface area (Å²) in [6.45, 7) is 16.4. The second-order valence-corrected chi connectivity index (χ2v) is 7.30. The smallest absolute Gasteiger partial charge is 0.191 e. The van der Waals surface area contributed by atoms with Gasteiger partial charge in [0.2, 0.25) is 0 Å². The highest BCUT2D eigenvalue weighted by molar-refractivity contribution is 5.79. The predicted octanol–water partition coefficient (Wildman–Crippen LogP) is 2.81. The van der Waals surface area contributed by atoms with Gasteiger partial charge in [0.05, 0.1) is 19.8 Å². The highest BCUT2D eigenvalue weighted by atomic mass is 16.5. The van der Waals surface area contributed by atoms with Crippen molar-refractivity contribution in [2.45, 2.75) is 40.7 Å². The van der Waals surface area contributed by atoms with Crippen LogP contribution in [0, 0.1) is 12.8 Å². The molecule has 0 amide bonds. The molecule has 6 heteroatoms. The van der Waals surface area contributed by atoms with Gasteiger partial charge in [-0.05, 0) is 45.0 Å². The second-order valence-electron chi connectivity index (χ2n) is 7.30. The molecule has 0 aliphatic carbocycles. The van der Waals surface area contributed by atoms with E-state index in [1.807, 2.05) is 0 Å². The van der Waals surface area contributed by atoms with Gasteiger partial charge in [-0.2, -0.15) is 0 Å². The van der Waals surface area contributed by atoms with Gasteiger partial charge in [-0.1, -0.05) is 26.0 Å². The molecule has 1 heterocycles. The molecule has 0 bridgehead atoms. The number of likely N-dealkylation sites (N-methyl/N-ethyl adjacent to an activating group) is 1. The maximum absolute atomic E-state index is 6.14. The number of hydrogen-bond donors (Lipinski definition) is 2. The maximum atomic E-state index is 6.14. The highest BCUT2D eigenvalue weighted by Crippen LogP contribution is 2.23. The zero-order valence-electron chi connectivity index (χ0n) is 18.1. The van der Waals surface area contributed by atoms with Crippen LogP contribution in [-0.2, 0) is 11.3 Å². The molecule has 0 aromatic heterocycles. The Morgan fingerprint density at radius 3 is 2.75 bits per heavy atom. The van der Waals surface area contributed by atoms with E-state index in [9.17, 15) is 0 Å². The molecule has 158 valence electrons. The van der Waals surface area contributed by atoms with Crippen LogP contribution in [0.5, 0.6) is 5.75 Å². The topological polar surface area (TPSA) is 58.1 Å². The van der Waals surface area contributed by atoms with Gasteiger partial charge in [0.25, 0.3) is 0 Å². The van der Waals surface area contributed by atoms with Gasteiger partial charge in [-0.3, -0.25) is 0 Å². The summed E-state index contributed by atoms with van der Waals surface area (Å²) in [5.41, 5.74) is 2.32. The average molecular weight is 391 g/mol. The highest BCUT2D eigenvalue weighted by Gasteiger charge is 2.17. The van der Waals surface area contributed by atoms with E-state index in [0.717, 1.165) is 69.6 Å². The largest absolute Gasteiger partial charge is 0.493 e. The summed E-state index contributed by atoms with van der Waals surface area (Å²) in [5, 5.41) is 6.77. The number of nitrogens with zero attached hydrogens (tertiary/aromatic N) is 2. The van der Waals surface area contributed by atoms with Crippen molar-refractivity contribution in [3.8, 4) is 5.75 Å². The van der Waals surface area contributed by atoms with E-state index in [4.69, 9.17) is 14.5 Å². The van der Waals surface area contributed by atoms with E-state index in [0.29, 0.717) is 19.1 Å². The fraction of sp³-hybridized carbons (Fsp3) is 0.682. The van der Waals surface area contributed by atoms with Crippen LogP contribution in [0.2, 0.25) is 0 Å². The molecule has 1 fully saturated rings. The summed E-state index contributed by atoms with van der Waals surface area (Å²) in [6.07, 6.45) is 1.08. The third-order valence-electron chi connectivity index (χ3n) is 5.09. The van der Waals surface area contributed by atoms with Gasteiger partial charge in [-0.25, -0.2) is 4.99 Å². The lowest BCUT2D eigenvalue weighted by Gasteiger charge is -2.19. The number of aliphatic imine (C=N–C) groups is 1. The van der Waals surface area contributed by atoms with E-state index in [2.05, 4.69) is 61.4 Å². The summed E-state index contributed by atoms with van der Waals surface area (Å²) in [5.74, 6) is 2.29. The fourth-order valence-corrected chi connectivity index (χ4v) is 3.23. The molecule has 0 radical (unpaired) electrons. The predicted molar refractivity (Wildman–Crippen MR) is 116 cm³/mol. The molecular formula is C22H38N4O2. The molecule has 0 saturated carbocycles. The maximum Gasteiger partial charge on any atom is 0.191 e. The van der Waals surface area contributed by atoms with Gasteiger partial charge in [0.15, 0.2) is 5.96 Å². The number of benzene rings is 1. The van der Waals surface area contributed by atoms with Crippen molar-refractivity contribution >= 4 is 5.96 Å². The van der Waals surface area contributed by atoms with Gasteiger partial charge in [0, 0.05) is 37.7 Å². The summed E-state index contributed by atoms with van der Waals surface area (Å²) < 4.78 is 11.6. The first kappa shape index (κ1) is 22.5. The van der Waals surface area contributed by atoms with Crippen molar-refractivity contribution in [2.24, 2.45) is 10.9 Å². The van der Waals surface area contributed by atoms with E-state index >= 15 is 0 Å². The Morgan fingerprint density at radius 1 is 1.25 bits per heavy atom. The molecule has 1 aliphatic heterocycles. The van der Waals surface area contributed by atoms with Crippen molar-refractivity contribution in [2.75, 3.05) is 52.5 Å². The Labute approximate surface area is 170 Å². The van der Waals surface area contributed by atoms with Crippen LogP contribution in [0.3, 0.4) is 0 Å². The zero-order valence-corrected chi connectivity index (χ0v) is 18.1. The first-order chi connectivity index (χ1) is 13.7. The van der Waals surface area contributed by atoms with Gasteiger partial charge in [-0.15, -0.1) is 0 Å². The molecule has 1 atom stereocenters. The lowest BCUT2D eigenvalue weighted by Crippen LogP contribution is -2.41. The Balaban J connectivity index is 1.95. The van der Waals surface area contributed by atoms with Crippen LogP contribution in [0.25, 0.3) is 0 Å². The third-order valence-corrected chi connectivity index (χ3v) is 5.09. The molecule has 28 heavy (non-hydrogen) atoms. The number of nitrogens with one attached hydrogen (secondary N) is 2. The first-order valence-corrected chi connectivity index (χ1v) is 10.7. The molecule has 1 aromatic rings. The van der Waals surface area contributed by atoms with E-state index < -0.39 is 0 Å². The van der Waals surface area contributed by atoms with Crippen LogP contribution in [0.4, 0.5) is 0 Å².